The van der Waals surface area contributed by atoms with Crippen molar-refractivity contribution < 1.29 is 17.9 Å². The van der Waals surface area contributed by atoms with E-state index in [4.69, 9.17) is 4.74 Å². The largest absolute Gasteiger partial charge is 0.487 e. The molecule has 0 N–H and O–H groups in total. The summed E-state index contributed by atoms with van der Waals surface area (Å²) in [7, 11) is -3.91. The van der Waals surface area contributed by atoms with Gasteiger partial charge < -0.3 is 4.74 Å². The summed E-state index contributed by atoms with van der Waals surface area (Å²) < 4.78 is 34.6. The van der Waals surface area contributed by atoms with Crippen LogP contribution in [0, 0.1) is 0 Å². The maximum atomic E-state index is 13.7. The number of para-hydroxylation sites is 1. The van der Waals surface area contributed by atoms with E-state index >= 15 is 0 Å². The van der Waals surface area contributed by atoms with Gasteiger partial charge in [0.2, 0.25) is 15.9 Å². The van der Waals surface area contributed by atoms with Crippen molar-refractivity contribution in [2.24, 2.45) is 0 Å². The van der Waals surface area contributed by atoms with Crippen LogP contribution >= 0.6 is 0 Å². The topological polar surface area (TPSA) is 76.6 Å². The van der Waals surface area contributed by atoms with Gasteiger partial charge in [0.25, 0.3) is 0 Å². The molecule has 1 amide bonds. The molecule has 0 unspecified atom stereocenters. The van der Waals surface area contributed by atoms with Gasteiger partial charge >= 0.3 is 0 Å². The number of sulfonamides is 1. The van der Waals surface area contributed by atoms with E-state index in [1.165, 1.54) is 11.2 Å². The molecule has 7 heteroatoms. The number of pyridine rings is 1. The predicted octanol–water partition coefficient (Wildman–Crippen LogP) is 6.35. The molecule has 38 heavy (non-hydrogen) atoms. The van der Waals surface area contributed by atoms with Crippen LogP contribution < -0.4 is 4.74 Å². The number of carbonyl (C=O) groups is 1. The Bertz CT molecular complexity index is 1510. The van der Waals surface area contributed by atoms with Crippen molar-refractivity contribution in [2.75, 3.05) is 0 Å². The predicted molar refractivity (Wildman–Crippen MR) is 149 cm³/mol. The third-order valence-corrected chi connectivity index (χ3v) is 9.12. The third-order valence-electron chi connectivity index (χ3n) is 7.26. The maximum absolute atomic E-state index is 13.7. The van der Waals surface area contributed by atoms with Crippen LogP contribution in [0.4, 0.5) is 0 Å². The number of aromatic nitrogens is 1. The van der Waals surface area contributed by atoms with Gasteiger partial charge in [-0.05, 0) is 48.2 Å². The average Bonchev–Trinajstić information content (AvgIpc) is 2.92. The van der Waals surface area contributed by atoms with Crippen LogP contribution in [0.15, 0.2) is 91.0 Å². The number of ether oxygens (including phenoxy) is 1. The lowest BCUT2D eigenvalue weighted by molar-refractivity contribution is -0.129. The van der Waals surface area contributed by atoms with Gasteiger partial charge in [-0.25, -0.2) is 17.7 Å². The standard InChI is InChI=1S/C31H32N2O4S/c1-24(34)33(38(35,36)23-25-10-4-2-5-11-25)31(20-8-3-9-21-31)27-15-18-29(19-16-27)37-22-28-17-14-26-12-6-7-13-30(26)32-28/h2,4-7,10-19H,3,8-9,20-23H2,1H3. The molecule has 0 saturated heterocycles. The first-order valence-electron chi connectivity index (χ1n) is 13.0. The highest BCUT2D eigenvalue weighted by molar-refractivity contribution is 7.88. The molecule has 0 spiro atoms. The third kappa shape index (κ3) is 5.43. The highest BCUT2D eigenvalue weighted by Gasteiger charge is 2.47. The van der Waals surface area contributed by atoms with Gasteiger partial charge in [0.05, 0.1) is 22.5 Å². The number of hydrogen-bond acceptors (Lipinski definition) is 5. The molecule has 0 aliphatic heterocycles. The fourth-order valence-electron chi connectivity index (χ4n) is 5.57. The molecule has 1 saturated carbocycles. The molecule has 0 atom stereocenters. The highest BCUT2D eigenvalue weighted by Crippen LogP contribution is 2.45. The molecule has 1 heterocycles. The van der Waals surface area contributed by atoms with E-state index in [2.05, 4.69) is 4.98 Å². The smallest absolute Gasteiger partial charge is 0.242 e. The summed E-state index contributed by atoms with van der Waals surface area (Å²) in [5, 5.41) is 1.08. The Hall–Kier alpha value is -3.71. The Kier molecular flexibility index (Phi) is 7.47. The molecule has 4 aromatic rings. The molecule has 196 valence electrons. The van der Waals surface area contributed by atoms with Crippen LogP contribution in [0.2, 0.25) is 0 Å². The zero-order valence-corrected chi connectivity index (χ0v) is 22.4. The number of rotatable bonds is 8. The molecule has 3 aromatic carbocycles. The molecule has 5 rings (SSSR count). The van der Waals surface area contributed by atoms with E-state index in [1.807, 2.05) is 78.9 Å². The average molecular weight is 529 g/mol. The van der Waals surface area contributed by atoms with E-state index in [0.29, 0.717) is 30.8 Å². The van der Waals surface area contributed by atoms with E-state index in [-0.39, 0.29) is 5.75 Å². The second-order valence-electron chi connectivity index (χ2n) is 9.93. The Balaban J connectivity index is 1.40. The quantitative estimate of drug-likeness (QED) is 0.266. The summed E-state index contributed by atoms with van der Waals surface area (Å²) in [5.74, 6) is -0.00324. The minimum atomic E-state index is -3.91. The summed E-state index contributed by atoms with van der Waals surface area (Å²) in [6.45, 7) is 1.67. The summed E-state index contributed by atoms with van der Waals surface area (Å²) in [6.07, 6.45) is 3.93. The first-order valence-corrected chi connectivity index (χ1v) is 14.6. The van der Waals surface area contributed by atoms with E-state index < -0.39 is 21.5 Å². The Morgan fingerprint density at radius 3 is 2.26 bits per heavy atom. The molecular formula is C31H32N2O4S. The van der Waals surface area contributed by atoms with Gasteiger partial charge in [0.1, 0.15) is 12.4 Å². The van der Waals surface area contributed by atoms with Crippen molar-refractivity contribution in [3.05, 3.63) is 108 Å². The van der Waals surface area contributed by atoms with Crippen LogP contribution in [0.5, 0.6) is 5.75 Å². The number of fused-ring (bicyclic) bond motifs is 1. The van der Waals surface area contributed by atoms with Gasteiger partial charge in [-0.2, -0.15) is 0 Å². The molecule has 1 fully saturated rings. The van der Waals surface area contributed by atoms with Crippen molar-refractivity contribution >= 4 is 26.8 Å². The monoisotopic (exact) mass is 528 g/mol. The summed E-state index contributed by atoms with van der Waals surface area (Å²) in [4.78, 5) is 17.7. The van der Waals surface area contributed by atoms with Gasteiger partial charge in [-0.15, -0.1) is 0 Å². The molecule has 1 aromatic heterocycles. The lowest BCUT2D eigenvalue weighted by Gasteiger charge is -2.45. The SMILES string of the molecule is CC(=O)N(C1(c2ccc(OCc3ccc4ccccc4n3)cc2)CCCCC1)S(=O)(=O)Cc1ccccc1. The first kappa shape index (κ1) is 25.9. The maximum Gasteiger partial charge on any atom is 0.242 e. The number of carbonyl (C=O) groups excluding carboxylic acids is 1. The molecule has 1 aliphatic rings. The van der Waals surface area contributed by atoms with Gasteiger partial charge in [0.15, 0.2) is 0 Å². The van der Waals surface area contributed by atoms with Crippen LogP contribution in [0.1, 0.15) is 55.8 Å². The lowest BCUT2D eigenvalue weighted by Crippen LogP contribution is -2.53. The van der Waals surface area contributed by atoms with Crippen LogP contribution in [-0.2, 0) is 32.7 Å². The van der Waals surface area contributed by atoms with Crippen molar-refractivity contribution in [2.45, 2.75) is 56.9 Å². The minimum absolute atomic E-state index is 0.213. The van der Waals surface area contributed by atoms with Gasteiger partial charge in [-0.1, -0.05) is 86.0 Å². The van der Waals surface area contributed by atoms with Crippen LogP contribution in [0.25, 0.3) is 10.9 Å². The second kappa shape index (κ2) is 11.0. The number of hydrogen-bond donors (Lipinski definition) is 0. The highest BCUT2D eigenvalue weighted by atomic mass is 32.2. The molecular weight excluding hydrogens is 496 g/mol. The summed E-state index contributed by atoms with van der Waals surface area (Å²) >= 11 is 0. The second-order valence-corrected chi connectivity index (χ2v) is 11.7. The van der Waals surface area contributed by atoms with E-state index in [9.17, 15) is 13.2 Å². The van der Waals surface area contributed by atoms with Crippen LogP contribution in [0.3, 0.4) is 0 Å². The molecule has 0 bridgehead atoms. The van der Waals surface area contributed by atoms with Gasteiger partial charge in [-0.3, -0.25) is 4.79 Å². The summed E-state index contributed by atoms with van der Waals surface area (Å²) in [6, 6.07) is 28.5. The van der Waals surface area contributed by atoms with Gasteiger partial charge in [0, 0.05) is 12.3 Å². The van der Waals surface area contributed by atoms with Crippen molar-refractivity contribution in [3.63, 3.8) is 0 Å². The number of amides is 1. The number of nitrogens with zero attached hydrogens (tertiary/aromatic N) is 2. The fraction of sp³-hybridized carbons (Fsp3) is 0.290. The summed E-state index contributed by atoms with van der Waals surface area (Å²) in [5.41, 5.74) is 2.32. The molecule has 0 radical (unpaired) electrons. The van der Waals surface area contributed by atoms with Crippen LogP contribution in [-0.4, -0.2) is 23.6 Å². The minimum Gasteiger partial charge on any atom is -0.487 e. The lowest BCUT2D eigenvalue weighted by atomic mass is 9.76. The van der Waals surface area contributed by atoms with Crippen molar-refractivity contribution in [1.29, 1.82) is 0 Å². The molecule has 1 aliphatic carbocycles. The molecule has 6 nitrogen and oxygen atoms in total. The zero-order valence-electron chi connectivity index (χ0n) is 21.5. The van der Waals surface area contributed by atoms with Crippen molar-refractivity contribution in [3.8, 4) is 5.75 Å². The Labute approximate surface area is 224 Å². The fourth-order valence-corrected chi connectivity index (χ4v) is 7.52. The van der Waals surface area contributed by atoms with E-state index in [0.717, 1.165) is 41.4 Å². The zero-order chi connectivity index (χ0) is 26.6. The van der Waals surface area contributed by atoms with E-state index in [1.54, 1.807) is 12.1 Å². The normalized spacial score (nSPS) is 15.2. The first-order chi connectivity index (χ1) is 18.4. The Morgan fingerprint density at radius 1 is 0.868 bits per heavy atom. The van der Waals surface area contributed by atoms with Crippen molar-refractivity contribution in [1.82, 2.24) is 9.29 Å². The Morgan fingerprint density at radius 2 is 1.55 bits per heavy atom. The number of benzene rings is 3.